The van der Waals surface area contributed by atoms with Crippen molar-refractivity contribution < 1.29 is 0 Å². The Morgan fingerprint density at radius 3 is 2.50 bits per heavy atom. The Hall–Kier alpha value is -0.660. The summed E-state index contributed by atoms with van der Waals surface area (Å²) in [5.74, 6) is 0. The zero-order valence-electron chi connectivity index (χ0n) is 8.95. The SMILES string of the molecule is N#Cc1ccc(Sc2cc(Cl)ccc2Cl)c(Br)c1. The highest BCUT2D eigenvalue weighted by Gasteiger charge is 2.07. The standard InChI is InChI=1S/C13H6BrCl2NS/c14-10-5-8(7-17)1-4-12(10)18-13-6-9(15)2-3-11(13)16/h1-6H. The Balaban J connectivity index is 2.34. The van der Waals surface area contributed by atoms with E-state index in [-0.39, 0.29) is 0 Å². The fourth-order valence-corrected chi connectivity index (χ4v) is 3.30. The highest BCUT2D eigenvalue weighted by Crippen LogP contribution is 2.38. The van der Waals surface area contributed by atoms with Gasteiger partial charge in [0.05, 0.1) is 16.7 Å². The Kier molecular flexibility index (Phi) is 4.58. The van der Waals surface area contributed by atoms with E-state index in [2.05, 4.69) is 22.0 Å². The Morgan fingerprint density at radius 2 is 1.83 bits per heavy atom. The average Bonchev–Trinajstić information content (AvgIpc) is 2.36. The molecule has 2 aromatic rings. The molecule has 18 heavy (non-hydrogen) atoms. The first-order chi connectivity index (χ1) is 8.60. The molecule has 0 radical (unpaired) electrons. The molecule has 90 valence electrons. The fourth-order valence-electron chi connectivity index (χ4n) is 1.33. The summed E-state index contributed by atoms with van der Waals surface area (Å²) in [5.41, 5.74) is 0.614. The van der Waals surface area contributed by atoms with Crippen molar-refractivity contribution in [2.45, 2.75) is 9.79 Å². The van der Waals surface area contributed by atoms with Crippen LogP contribution in [0.25, 0.3) is 0 Å². The molecule has 5 heteroatoms. The van der Waals surface area contributed by atoms with Crippen LogP contribution in [0.1, 0.15) is 5.56 Å². The average molecular weight is 359 g/mol. The van der Waals surface area contributed by atoms with E-state index in [1.807, 2.05) is 12.1 Å². The zero-order chi connectivity index (χ0) is 13.1. The van der Waals surface area contributed by atoms with E-state index in [0.29, 0.717) is 15.6 Å². The van der Waals surface area contributed by atoms with Crippen molar-refractivity contribution in [1.29, 1.82) is 5.26 Å². The van der Waals surface area contributed by atoms with Gasteiger partial charge in [-0.15, -0.1) is 0 Å². The van der Waals surface area contributed by atoms with Crippen LogP contribution < -0.4 is 0 Å². The lowest BCUT2D eigenvalue weighted by Gasteiger charge is -2.07. The molecule has 0 aliphatic rings. The summed E-state index contributed by atoms with van der Waals surface area (Å²) in [6, 6.07) is 12.9. The summed E-state index contributed by atoms with van der Waals surface area (Å²) in [6.45, 7) is 0. The van der Waals surface area contributed by atoms with Crippen LogP contribution in [0, 0.1) is 11.3 Å². The molecule has 0 fully saturated rings. The highest BCUT2D eigenvalue weighted by atomic mass is 79.9. The summed E-state index contributed by atoms with van der Waals surface area (Å²) >= 11 is 17.0. The van der Waals surface area contributed by atoms with Gasteiger partial charge in [-0.2, -0.15) is 5.26 Å². The van der Waals surface area contributed by atoms with E-state index in [0.717, 1.165) is 14.3 Å². The monoisotopic (exact) mass is 357 g/mol. The summed E-state index contributed by atoms with van der Waals surface area (Å²) in [5, 5.41) is 10.1. The van der Waals surface area contributed by atoms with Gasteiger partial charge in [-0.3, -0.25) is 0 Å². The first kappa shape index (κ1) is 13.8. The van der Waals surface area contributed by atoms with Crippen molar-refractivity contribution in [3.05, 3.63) is 56.5 Å². The maximum atomic E-state index is 8.81. The molecule has 0 spiro atoms. The van der Waals surface area contributed by atoms with Crippen LogP contribution in [0.15, 0.2) is 50.7 Å². The molecule has 0 saturated carbocycles. The molecule has 0 saturated heterocycles. The van der Waals surface area contributed by atoms with E-state index < -0.39 is 0 Å². The van der Waals surface area contributed by atoms with Gasteiger partial charge < -0.3 is 0 Å². The van der Waals surface area contributed by atoms with Gasteiger partial charge in [-0.25, -0.2) is 0 Å². The summed E-state index contributed by atoms with van der Waals surface area (Å²) in [4.78, 5) is 1.87. The maximum absolute atomic E-state index is 8.81. The van der Waals surface area contributed by atoms with Crippen molar-refractivity contribution in [2.24, 2.45) is 0 Å². The minimum Gasteiger partial charge on any atom is -0.192 e. The second-order valence-electron chi connectivity index (χ2n) is 3.43. The van der Waals surface area contributed by atoms with E-state index in [9.17, 15) is 0 Å². The molecule has 0 unspecified atom stereocenters. The van der Waals surface area contributed by atoms with Gasteiger partial charge in [0.25, 0.3) is 0 Å². The van der Waals surface area contributed by atoms with Gasteiger partial charge >= 0.3 is 0 Å². The van der Waals surface area contributed by atoms with Gasteiger partial charge in [0.1, 0.15) is 0 Å². The molecule has 1 nitrogen and oxygen atoms in total. The molecule has 0 amide bonds. The van der Waals surface area contributed by atoms with Gasteiger partial charge in [0.2, 0.25) is 0 Å². The van der Waals surface area contributed by atoms with Crippen LogP contribution in [0.5, 0.6) is 0 Å². The fraction of sp³-hybridized carbons (Fsp3) is 0. The van der Waals surface area contributed by atoms with Crippen molar-refractivity contribution >= 4 is 50.9 Å². The van der Waals surface area contributed by atoms with Gasteiger partial charge in [-0.1, -0.05) is 35.0 Å². The minimum absolute atomic E-state index is 0.614. The van der Waals surface area contributed by atoms with Crippen molar-refractivity contribution in [3.8, 4) is 6.07 Å². The molecule has 0 heterocycles. The molecule has 2 aromatic carbocycles. The highest BCUT2D eigenvalue weighted by molar-refractivity contribution is 9.10. The molecular weight excluding hydrogens is 353 g/mol. The normalized spacial score (nSPS) is 10.1. The molecule has 0 aromatic heterocycles. The van der Waals surface area contributed by atoms with Crippen LogP contribution in [0.2, 0.25) is 10.0 Å². The van der Waals surface area contributed by atoms with E-state index in [4.69, 9.17) is 28.5 Å². The van der Waals surface area contributed by atoms with Crippen LogP contribution in [0.4, 0.5) is 0 Å². The van der Waals surface area contributed by atoms with Crippen LogP contribution in [-0.2, 0) is 0 Å². The molecule has 0 aliphatic heterocycles. The summed E-state index contributed by atoms with van der Waals surface area (Å²) in [7, 11) is 0. The minimum atomic E-state index is 0.614. The first-order valence-electron chi connectivity index (χ1n) is 4.92. The number of nitrogens with zero attached hydrogens (tertiary/aromatic N) is 1. The third kappa shape index (κ3) is 3.21. The Bertz CT molecular complexity index is 637. The molecule has 0 atom stereocenters. The Morgan fingerprint density at radius 1 is 1.06 bits per heavy atom. The largest absolute Gasteiger partial charge is 0.192 e. The maximum Gasteiger partial charge on any atom is 0.0992 e. The van der Waals surface area contributed by atoms with E-state index >= 15 is 0 Å². The number of benzene rings is 2. The van der Waals surface area contributed by atoms with Gasteiger partial charge in [-0.05, 0) is 52.3 Å². The van der Waals surface area contributed by atoms with E-state index in [1.54, 1.807) is 24.3 Å². The summed E-state index contributed by atoms with van der Waals surface area (Å²) < 4.78 is 0.864. The molecular formula is C13H6BrCl2NS. The first-order valence-corrected chi connectivity index (χ1v) is 7.29. The number of halogens is 3. The zero-order valence-corrected chi connectivity index (χ0v) is 12.9. The topological polar surface area (TPSA) is 23.8 Å². The predicted octanol–water partition coefficient (Wildman–Crippen LogP) is 5.78. The Labute approximate surface area is 128 Å². The third-order valence-corrected chi connectivity index (χ3v) is 4.90. The lowest BCUT2D eigenvalue weighted by atomic mass is 10.2. The van der Waals surface area contributed by atoms with Crippen LogP contribution >= 0.6 is 50.9 Å². The summed E-state index contributed by atoms with van der Waals surface area (Å²) in [6.07, 6.45) is 0. The number of hydrogen-bond donors (Lipinski definition) is 0. The third-order valence-electron chi connectivity index (χ3n) is 2.17. The molecule has 0 N–H and O–H groups in total. The second-order valence-corrected chi connectivity index (χ2v) is 6.22. The molecule has 0 bridgehead atoms. The predicted molar refractivity (Wildman–Crippen MR) is 79.4 cm³/mol. The van der Waals surface area contributed by atoms with Crippen molar-refractivity contribution in [3.63, 3.8) is 0 Å². The molecule has 0 aliphatic carbocycles. The number of nitriles is 1. The molecule has 2 rings (SSSR count). The number of rotatable bonds is 2. The second kappa shape index (κ2) is 5.99. The van der Waals surface area contributed by atoms with Crippen LogP contribution in [0.3, 0.4) is 0 Å². The quantitative estimate of drug-likeness (QED) is 0.679. The number of hydrogen-bond acceptors (Lipinski definition) is 2. The smallest absolute Gasteiger partial charge is 0.0992 e. The van der Waals surface area contributed by atoms with Gasteiger partial charge in [0.15, 0.2) is 0 Å². The van der Waals surface area contributed by atoms with Crippen molar-refractivity contribution in [2.75, 3.05) is 0 Å². The van der Waals surface area contributed by atoms with Crippen molar-refractivity contribution in [1.82, 2.24) is 0 Å². The van der Waals surface area contributed by atoms with E-state index in [1.165, 1.54) is 11.8 Å². The lowest BCUT2D eigenvalue weighted by molar-refractivity contribution is 1.35. The van der Waals surface area contributed by atoms with Gasteiger partial charge in [0, 0.05) is 19.3 Å². The lowest BCUT2D eigenvalue weighted by Crippen LogP contribution is -1.80. The van der Waals surface area contributed by atoms with Crippen LogP contribution in [-0.4, -0.2) is 0 Å².